The summed E-state index contributed by atoms with van der Waals surface area (Å²) in [5.41, 5.74) is 6.90. The molecule has 0 saturated carbocycles. The van der Waals surface area contributed by atoms with E-state index in [1.54, 1.807) is 11.3 Å². The maximum atomic E-state index is 11.3. The molecular formula is C11H18N4OS. The van der Waals surface area contributed by atoms with E-state index >= 15 is 0 Å². The average Bonchev–Trinajstić information content (AvgIpc) is 2.52. The summed E-state index contributed by atoms with van der Waals surface area (Å²) in [5.74, 6) is 0.119. The molecule has 6 heteroatoms. The number of nitrogens with zero attached hydrogens (tertiary/aromatic N) is 2. The Balaban J connectivity index is 2.16. The fourth-order valence-corrected chi connectivity index (χ4v) is 2.98. The van der Waals surface area contributed by atoms with Gasteiger partial charge in [-0.1, -0.05) is 0 Å². The molecule has 2 rings (SSSR count). The molecule has 2 heterocycles. The second kappa shape index (κ2) is 5.01. The van der Waals surface area contributed by atoms with Gasteiger partial charge >= 0.3 is 0 Å². The van der Waals surface area contributed by atoms with Crippen LogP contribution in [0.2, 0.25) is 0 Å². The molecule has 1 saturated heterocycles. The first-order chi connectivity index (χ1) is 8.08. The predicted octanol–water partition coefficient (Wildman–Crippen LogP) is 0.798. The summed E-state index contributed by atoms with van der Waals surface area (Å²) in [7, 11) is 0. The van der Waals surface area contributed by atoms with Gasteiger partial charge < -0.3 is 16.0 Å². The van der Waals surface area contributed by atoms with Crippen molar-refractivity contribution in [3.8, 4) is 0 Å². The molecule has 1 aliphatic heterocycles. The van der Waals surface area contributed by atoms with Crippen LogP contribution in [0.3, 0.4) is 0 Å². The van der Waals surface area contributed by atoms with Crippen LogP contribution in [0.5, 0.6) is 0 Å². The van der Waals surface area contributed by atoms with Gasteiger partial charge in [0.25, 0.3) is 0 Å². The second-order valence-corrected chi connectivity index (χ2v) is 5.33. The number of aryl methyl sites for hydroxylation is 1. The summed E-state index contributed by atoms with van der Waals surface area (Å²) in [5, 5.41) is 3.84. The molecule has 1 aromatic heterocycles. The number of anilines is 1. The maximum Gasteiger partial charge on any atom is 0.221 e. The molecular weight excluding hydrogens is 236 g/mol. The minimum atomic E-state index is 0.0213. The van der Waals surface area contributed by atoms with Gasteiger partial charge in [-0.3, -0.25) is 4.79 Å². The number of nitrogens with one attached hydrogen (secondary N) is 1. The molecule has 1 amide bonds. The lowest BCUT2D eigenvalue weighted by atomic mass is 10.2. The first kappa shape index (κ1) is 12.3. The third-order valence-electron chi connectivity index (χ3n) is 2.82. The van der Waals surface area contributed by atoms with Crippen LogP contribution in [0.4, 0.5) is 5.13 Å². The van der Waals surface area contributed by atoms with Crippen LogP contribution < -0.4 is 16.0 Å². The number of thiazole rings is 1. The zero-order chi connectivity index (χ0) is 12.4. The second-order valence-electron chi connectivity index (χ2n) is 4.32. The van der Waals surface area contributed by atoms with E-state index in [-0.39, 0.29) is 11.9 Å². The van der Waals surface area contributed by atoms with E-state index in [2.05, 4.69) is 15.2 Å². The van der Waals surface area contributed by atoms with E-state index in [1.807, 2.05) is 13.8 Å². The van der Waals surface area contributed by atoms with E-state index < -0.39 is 0 Å². The lowest BCUT2D eigenvalue weighted by Gasteiger charge is -2.17. The van der Waals surface area contributed by atoms with Crippen molar-refractivity contribution in [3.05, 3.63) is 10.6 Å². The molecule has 0 aromatic carbocycles. The monoisotopic (exact) mass is 254 g/mol. The Bertz CT molecular complexity index is 416. The smallest absolute Gasteiger partial charge is 0.221 e. The third-order valence-corrected chi connectivity index (χ3v) is 4.24. The number of rotatable bonds is 2. The summed E-state index contributed by atoms with van der Waals surface area (Å²) < 4.78 is 0. The van der Waals surface area contributed by atoms with Crippen LogP contribution >= 0.6 is 11.3 Å². The SMILES string of the molecule is Cc1nc(N2CCNC(=O)CC2)sc1C(C)N. The lowest BCUT2D eigenvalue weighted by molar-refractivity contribution is -0.120. The maximum absolute atomic E-state index is 11.3. The van der Waals surface area contributed by atoms with Crippen molar-refractivity contribution >= 4 is 22.4 Å². The molecule has 0 spiro atoms. The van der Waals surface area contributed by atoms with Crippen LogP contribution in [0.25, 0.3) is 0 Å². The van der Waals surface area contributed by atoms with Crippen molar-refractivity contribution in [2.45, 2.75) is 26.3 Å². The Morgan fingerprint density at radius 2 is 2.29 bits per heavy atom. The molecule has 17 heavy (non-hydrogen) atoms. The zero-order valence-electron chi connectivity index (χ0n) is 10.2. The number of nitrogens with two attached hydrogens (primary N) is 1. The van der Waals surface area contributed by atoms with Gasteiger partial charge in [-0.05, 0) is 13.8 Å². The van der Waals surface area contributed by atoms with Gasteiger partial charge in [0, 0.05) is 37.0 Å². The van der Waals surface area contributed by atoms with Crippen LogP contribution in [-0.2, 0) is 4.79 Å². The Morgan fingerprint density at radius 1 is 1.53 bits per heavy atom. The van der Waals surface area contributed by atoms with E-state index in [4.69, 9.17) is 5.73 Å². The van der Waals surface area contributed by atoms with Gasteiger partial charge in [-0.15, -0.1) is 11.3 Å². The molecule has 0 bridgehead atoms. The quantitative estimate of drug-likeness (QED) is 0.819. The van der Waals surface area contributed by atoms with Gasteiger partial charge in [0.15, 0.2) is 5.13 Å². The van der Waals surface area contributed by atoms with Crippen molar-refractivity contribution in [3.63, 3.8) is 0 Å². The number of hydrogen-bond acceptors (Lipinski definition) is 5. The highest BCUT2D eigenvalue weighted by Crippen LogP contribution is 2.29. The first-order valence-corrected chi connectivity index (χ1v) is 6.64. The molecule has 3 N–H and O–H groups in total. The number of carbonyl (C=O) groups excluding carboxylic acids is 1. The van der Waals surface area contributed by atoms with Gasteiger partial charge in [0.2, 0.25) is 5.91 Å². The normalized spacial score (nSPS) is 18.8. The van der Waals surface area contributed by atoms with Crippen LogP contribution in [0.1, 0.15) is 30.0 Å². The largest absolute Gasteiger partial charge is 0.354 e. The Hall–Kier alpha value is -1.14. The zero-order valence-corrected chi connectivity index (χ0v) is 11.0. The van der Waals surface area contributed by atoms with Crippen molar-refractivity contribution in [2.24, 2.45) is 5.73 Å². The molecule has 1 aromatic rings. The Morgan fingerprint density at radius 3 is 2.94 bits per heavy atom. The minimum Gasteiger partial charge on any atom is -0.354 e. The summed E-state index contributed by atoms with van der Waals surface area (Å²) in [6, 6.07) is 0.0213. The molecule has 1 unspecified atom stereocenters. The Kier molecular flexibility index (Phi) is 3.63. The highest BCUT2D eigenvalue weighted by atomic mass is 32.1. The fraction of sp³-hybridized carbons (Fsp3) is 0.636. The van der Waals surface area contributed by atoms with Gasteiger partial charge in [0.05, 0.1) is 5.69 Å². The molecule has 0 radical (unpaired) electrons. The van der Waals surface area contributed by atoms with Crippen LogP contribution in [0.15, 0.2) is 0 Å². The highest BCUT2D eigenvalue weighted by Gasteiger charge is 2.19. The van der Waals surface area contributed by atoms with Crippen molar-refractivity contribution < 1.29 is 4.79 Å². The topological polar surface area (TPSA) is 71.2 Å². The number of amides is 1. The van der Waals surface area contributed by atoms with E-state index in [0.29, 0.717) is 13.0 Å². The van der Waals surface area contributed by atoms with Crippen LogP contribution in [-0.4, -0.2) is 30.5 Å². The van der Waals surface area contributed by atoms with E-state index in [0.717, 1.165) is 28.8 Å². The summed E-state index contributed by atoms with van der Waals surface area (Å²) >= 11 is 1.64. The molecule has 1 fully saturated rings. The molecule has 94 valence electrons. The summed E-state index contributed by atoms with van der Waals surface area (Å²) in [6.45, 7) is 6.19. The average molecular weight is 254 g/mol. The highest BCUT2D eigenvalue weighted by molar-refractivity contribution is 7.15. The molecule has 5 nitrogen and oxygen atoms in total. The van der Waals surface area contributed by atoms with Crippen LogP contribution in [0, 0.1) is 6.92 Å². The lowest BCUT2D eigenvalue weighted by Crippen LogP contribution is -2.28. The number of hydrogen-bond donors (Lipinski definition) is 2. The molecule has 1 aliphatic rings. The van der Waals surface area contributed by atoms with E-state index in [9.17, 15) is 4.79 Å². The standard InChI is InChI=1S/C11H18N4OS/c1-7(12)10-8(2)14-11(17-10)15-5-3-9(16)13-4-6-15/h7H,3-6,12H2,1-2H3,(H,13,16). The number of aromatic nitrogens is 1. The molecule has 0 aliphatic carbocycles. The fourth-order valence-electron chi connectivity index (χ4n) is 1.91. The first-order valence-electron chi connectivity index (χ1n) is 5.82. The minimum absolute atomic E-state index is 0.0213. The van der Waals surface area contributed by atoms with Gasteiger partial charge in [-0.25, -0.2) is 4.98 Å². The molecule has 1 atom stereocenters. The Labute approximate surface area is 105 Å². The summed E-state index contributed by atoms with van der Waals surface area (Å²) in [4.78, 5) is 19.1. The number of carbonyl (C=O) groups is 1. The van der Waals surface area contributed by atoms with Crippen molar-refractivity contribution in [1.29, 1.82) is 0 Å². The predicted molar refractivity (Wildman–Crippen MR) is 69.3 cm³/mol. The van der Waals surface area contributed by atoms with Gasteiger partial charge in [-0.2, -0.15) is 0 Å². The van der Waals surface area contributed by atoms with E-state index in [1.165, 1.54) is 0 Å². The van der Waals surface area contributed by atoms with Crippen molar-refractivity contribution in [1.82, 2.24) is 10.3 Å². The third kappa shape index (κ3) is 2.76. The van der Waals surface area contributed by atoms with Gasteiger partial charge in [0.1, 0.15) is 0 Å². The summed E-state index contributed by atoms with van der Waals surface area (Å²) in [6.07, 6.45) is 0.534. The van der Waals surface area contributed by atoms with Crippen molar-refractivity contribution in [2.75, 3.05) is 24.5 Å².